The van der Waals surface area contributed by atoms with E-state index in [9.17, 15) is 9.59 Å². The number of hydrogen-bond donors (Lipinski definition) is 0. The highest BCUT2D eigenvalue weighted by molar-refractivity contribution is 5.85. The molecule has 4 heteroatoms. The Kier molecular flexibility index (Phi) is 4.68. The summed E-state index contributed by atoms with van der Waals surface area (Å²) in [6.07, 6.45) is 9.96. The summed E-state index contributed by atoms with van der Waals surface area (Å²) in [5.74, 6) is 1.01. The van der Waals surface area contributed by atoms with Gasteiger partial charge in [0.15, 0.2) is 0 Å². The second kappa shape index (κ2) is 7.20. The summed E-state index contributed by atoms with van der Waals surface area (Å²) in [5.41, 5.74) is 1.35. The van der Waals surface area contributed by atoms with Crippen molar-refractivity contribution in [2.75, 3.05) is 19.6 Å². The van der Waals surface area contributed by atoms with E-state index in [-0.39, 0.29) is 17.3 Å². The summed E-state index contributed by atoms with van der Waals surface area (Å²) >= 11 is 0. The second-order valence-corrected chi connectivity index (χ2v) is 9.67. The highest BCUT2D eigenvalue weighted by Gasteiger charge is 2.50. The molecule has 2 aliphatic carbocycles. The molecule has 0 radical (unpaired) electrons. The van der Waals surface area contributed by atoms with Crippen molar-refractivity contribution in [3.63, 3.8) is 0 Å². The summed E-state index contributed by atoms with van der Waals surface area (Å²) in [6, 6.07) is 10.8. The van der Waals surface area contributed by atoms with Crippen LogP contribution in [0.5, 0.6) is 0 Å². The third kappa shape index (κ3) is 3.35. The molecule has 1 aromatic rings. The number of nitrogens with zero attached hydrogens (tertiary/aromatic N) is 2. The van der Waals surface area contributed by atoms with E-state index >= 15 is 0 Å². The molecule has 2 saturated heterocycles. The number of hydrogen-bond acceptors (Lipinski definition) is 2. The minimum absolute atomic E-state index is 0.00682. The van der Waals surface area contributed by atoms with Gasteiger partial charge in [-0.25, -0.2) is 0 Å². The third-order valence-corrected chi connectivity index (χ3v) is 7.75. The molecule has 4 fully saturated rings. The standard InChI is InChI=1S/C24H32N2O2/c27-22(19-8-4-5-9-19)25-14-12-24(13-15-25)16-21(18-6-2-1-3-7-18)23(28)26(17-24)20-10-11-20/h1-3,6-7,19-21H,4-5,8-17H2/t21-/m1/s1. The van der Waals surface area contributed by atoms with E-state index in [2.05, 4.69) is 21.9 Å². The molecular weight excluding hydrogens is 348 g/mol. The first-order valence-electron chi connectivity index (χ1n) is 11.3. The first-order valence-corrected chi connectivity index (χ1v) is 11.3. The van der Waals surface area contributed by atoms with Gasteiger partial charge in [0.05, 0.1) is 5.92 Å². The maximum atomic E-state index is 13.2. The van der Waals surface area contributed by atoms with Crippen LogP contribution in [0.15, 0.2) is 30.3 Å². The molecule has 1 spiro atoms. The van der Waals surface area contributed by atoms with Crippen molar-refractivity contribution < 1.29 is 9.59 Å². The van der Waals surface area contributed by atoms with E-state index in [1.807, 2.05) is 18.2 Å². The van der Waals surface area contributed by atoms with Crippen molar-refractivity contribution in [3.8, 4) is 0 Å². The zero-order valence-electron chi connectivity index (χ0n) is 16.8. The summed E-state index contributed by atoms with van der Waals surface area (Å²) < 4.78 is 0. The first-order chi connectivity index (χ1) is 13.7. The van der Waals surface area contributed by atoms with Crippen molar-refractivity contribution in [3.05, 3.63) is 35.9 Å². The lowest BCUT2D eigenvalue weighted by atomic mass is 9.67. The van der Waals surface area contributed by atoms with Gasteiger partial charge in [0.25, 0.3) is 0 Å². The monoisotopic (exact) mass is 380 g/mol. The highest BCUT2D eigenvalue weighted by Crippen LogP contribution is 2.48. The van der Waals surface area contributed by atoms with E-state index < -0.39 is 0 Å². The topological polar surface area (TPSA) is 40.6 Å². The van der Waals surface area contributed by atoms with E-state index in [0.29, 0.717) is 17.9 Å². The molecule has 28 heavy (non-hydrogen) atoms. The predicted octanol–water partition coefficient (Wildman–Crippen LogP) is 3.96. The third-order valence-electron chi connectivity index (χ3n) is 7.75. The van der Waals surface area contributed by atoms with Crippen LogP contribution >= 0.6 is 0 Å². The van der Waals surface area contributed by atoms with Gasteiger partial charge < -0.3 is 9.80 Å². The van der Waals surface area contributed by atoms with Crippen molar-refractivity contribution in [1.82, 2.24) is 9.80 Å². The Morgan fingerprint density at radius 2 is 1.64 bits per heavy atom. The van der Waals surface area contributed by atoms with Gasteiger partial charge in [-0.05, 0) is 55.9 Å². The van der Waals surface area contributed by atoms with Gasteiger partial charge in [0.2, 0.25) is 11.8 Å². The Labute approximate surface area is 168 Å². The predicted molar refractivity (Wildman–Crippen MR) is 109 cm³/mol. The first kappa shape index (κ1) is 18.2. The van der Waals surface area contributed by atoms with Crippen LogP contribution in [-0.4, -0.2) is 47.3 Å². The largest absolute Gasteiger partial charge is 0.342 e. The van der Waals surface area contributed by atoms with Gasteiger partial charge in [-0.3, -0.25) is 9.59 Å². The van der Waals surface area contributed by atoms with Gasteiger partial charge in [-0.2, -0.15) is 0 Å². The minimum atomic E-state index is -0.00682. The maximum absolute atomic E-state index is 13.2. The highest BCUT2D eigenvalue weighted by atomic mass is 16.2. The molecule has 4 nitrogen and oxygen atoms in total. The minimum Gasteiger partial charge on any atom is -0.342 e. The van der Waals surface area contributed by atoms with E-state index in [0.717, 1.165) is 64.6 Å². The fourth-order valence-electron chi connectivity index (χ4n) is 5.86. The normalized spacial score (nSPS) is 28.1. The molecule has 2 amide bonds. The molecule has 0 bridgehead atoms. The number of rotatable bonds is 3. The quantitative estimate of drug-likeness (QED) is 0.796. The van der Waals surface area contributed by atoms with E-state index in [4.69, 9.17) is 0 Å². The summed E-state index contributed by atoms with van der Waals surface area (Å²) in [7, 11) is 0. The Morgan fingerprint density at radius 1 is 0.964 bits per heavy atom. The number of carbonyl (C=O) groups excluding carboxylic acids is 2. The molecule has 2 aliphatic heterocycles. The Balaban J connectivity index is 1.33. The lowest BCUT2D eigenvalue weighted by Crippen LogP contribution is -2.55. The van der Waals surface area contributed by atoms with Gasteiger partial charge in [-0.1, -0.05) is 43.2 Å². The van der Waals surface area contributed by atoms with Gasteiger partial charge in [0, 0.05) is 31.6 Å². The lowest BCUT2D eigenvalue weighted by molar-refractivity contribution is -0.146. The number of amides is 2. The molecule has 150 valence electrons. The van der Waals surface area contributed by atoms with Crippen LogP contribution in [0.25, 0.3) is 0 Å². The molecule has 1 atom stereocenters. The zero-order chi connectivity index (χ0) is 19.1. The van der Waals surface area contributed by atoms with Gasteiger partial charge >= 0.3 is 0 Å². The number of carbonyl (C=O) groups is 2. The molecular formula is C24H32N2O2. The van der Waals surface area contributed by atoms with Crippen LogP contribution in [0, 0.1) is 11.3 Å². The zero-order valence-corrected chi connectivity index (χ0v) is 16.8. The summed E-state index contributed by atoms with van der Waals surface area (Å²) in [6.45, 7) is 2.67. The van der Waals surface area contributed by atoms with Crippen molar-refractivity contribution in [2.24, 2.45) is 11.3 Å². The summed E-state index contributed by atoms with van der Waals surface area (Å²) in [4.78, 5) is 30.4. The molecule has 2 heterocycles. The number of piperidine rings is 2. The SMILES string of the molecule is O=C(C1CCCC1)N1CCC2(CC1)C[C@H](c1ccccc1)C(=O)N(C1CC1)C2. The Morgan fingerprint density at radius 3 is 2.29 bits per heavy atom. The molecule has 0 N–H and O–H groups in total. The second-order valence-electron chi connectivity index (χ2n) is 9.67. The van der Waals surface area contributed by atoms with Gasteiger partial charge in [-0.15, -0.1) is 0 Å². The van der Waals surface area contributed by atoms with Gasteiger partial charge in [0.1, 0.15) is 0 Å². The Bertz CT molecular complexity index is 728. The number of benzene rings is 1. The molecule has 2 saturated carbocycles. The van der Waals surface area contributed by atoms with Crippen molar-refractivity contribution >= 4 is 11.8 Å². The maximum Gasteiger partial charge on any atom is 0.230 e. The molecule has 1 aromatic carbocycles. The van der Waals surface area contributed by atoms with Crippen LogP contribution in [0.4, 0.5) is 0 Å². The Hall–Kier alpha value is -1.84. The molecule has 0 unspecified atom stereocenters. The van der Waals surface area contributed by atoms with Crippen LogP contribution < -0.4 is 0 Å². The van der Waals surface area contributed by atoms with Crippen LogP contribution in [0.2, 0.25) is 0 Å². The molecule has 5 rings (SSSR count). The van der Waals surface area contributed by atoms with Crippen LogP contribution in [0.3, 0.4) is 0 Å². The van der Waals surface area contributed by atoms with Crippen LogP contribution in [-0.2, 0) is 9.59 Å². The fraction of sp³-hybridized carbons (Fsp3) is 0.667. The molecule has 0 aromatic heterocycles. The average Bonchev–Trinajstić information content (AvgIpc) is 3.43. The smallest absolute Gasteiger partial charge is 0.230 e. The van der Waals surface area contributed by atoms with Crippen molar-refractivity contribution in [1.29, 1.82) is 0 Å². The molecule has 4 aliphatic rings. The van der Waals surface area contributed by atoms with E-state index in [1.54, 1.807) is 0 Å². The van der Waals surface area contributed by atoms with Crippen molar-refractivity contribution in [2.45, 2.75) is 69.7 Å². The average molecular weight is 381 g/mol. The summed E-state index contributed by atoms with van der Waals surface area (Å²) in [5, 5.41) is 0. The number of likely N-dealkylation sites (tertiary alicyclic amines) is 2. The lowest BCUT2D eigenvalue weighted by Gasteiger charge is -2.50. The van der Waals surface area contributed by atoms with E-state index in [1.165, 1.54) is 18.4 Å². The van der Waals surface area contributed by atoms with Crippen LogP contribution in [0.1, 0.15) is 69.3 Å². The fourth-order valence-corrected chi connectivity index (χ4v) is 5.86.